The lowest BCUT2D eigenvalue weighted by atomic mass is 10.1. The van der Waals surface area contributed by atoms with Gasteiger partial charge in [-0.1, -0.05) is 25.5 Å². The summed E-state index contributed by atoms with van der Waals surface area (Å²) in [5, 5.41) is 0. The maximum absolute atomic E-state index is 12.0. The van der Waals surface area contributed by atoms with Crippen molar-refractivity contribution in [2.45, 2.75) is 38.7 Å². The van der Waals surface area contributed by atoms with Crippen LogP contribution in [0.15, 0.2) is 24.3 Å². The molecule has 1 atom stereocenters. The largest absolute Gasteiger partial charge is 0.573 e. The van der Waals surface area contributed by atoms with Gasteiger partial charge in [-0.2, -0.15) is 0 Å². The van der Waals surface area contributed by atoms with Crippen molar-refractivity contribution in [3.8, 4) is 5.75 Å². The zero-order valence-electron chi connectivity index (χ0n) is 12.4. The van der Waals surface area contributed by atoms with Gasteiger partial charge in [0.25, 0.3) is 0 Å². The normalized spacial score (nSPS) is 12.3. The summed E-state index contributed by atoms with van der Waals surface area (Å²) >= 11 is 0. The van der Waals surface area contributed by atoms with E-state index in [1.807, 2.05) is 6.92 Å². The maximum atomic E-state index is 12.0. The standard InChI is InChI=1S/C14H19F3N2O2.ClH/c1-3-4-12(18)13(20)19(2)9-10-5-7-11(8-6-10)21-14(15,16)17;/h5-8,12H,3-4,9,18H2,1-2H3;1H. The molecule has 126 valence electrons. The van der Waals surface area contributed by atoms with E-state index in [2.05, 4.69) is 4.74 Å². The van der Waals surface area contributed by atoms with Crippen LogP contribution in [-0.4, -0.2) is 30.3 Å². The highest BCUT2D eigenvalue weighted by Crippen LogP contribution is 2.23. The van der Waals surface area contributed by atoms with Gasteiger partial charge < -0.3 is 15.4 Å². The summed E-state index contributed by atoms with van der Waals surface area (Å²) in [6.07, 6.45) is -3.30. The number of benzene rings is 1. The molecule has 0 spiro atoms. The fourth-order valence-electron chi connectivity index (χ4n) is 1.87. The molecule has 0 aliphatic rings. The number of alkyl halides is 3. The Morgan fingerprint density at radius 3 is 2.32 bits per heavy atom. The van der Waals surface area contributed by atoms with Crippen LogP contribution in [0.5, 0.6) is 5.75 Å². The van der Waals surface area contributed by atoms with Gasteiger partial charge in [0.05, 0.1) is 6.04 Å². The van der Waals surface area contributed by atoms with E-state index in [0.717, 1.165) is 6.42 Å². The van der Waals surface area contributed by atoms with Gasteiger partial charge in [0.15, 0.2) is 0 Å². The van der Waals surface area contributed by atoms with Crippen LogP contribution in [0.25, 0.3) is 0 Å². The lowest BCUT2D eigenvalue weighted by molar-refractivity contribution is -0.274. The highest BCUT2D eigenvalue weighted by Gasteiger charge is 2.31. The Morgan fingerprint density at radius 1 is 1.32 bits per heavy atom. The number of carbonyl (C=O) groups excluding carboxylic acids is 1. The van der Waals surface area contributed by atoms with Crippen LogP contribution in [-0.2, 0) is 11.3 Å². The van der Waals surface area contributed by atoms with Gasteiger partial charge in [0.1, 0.15) is 5.75 Å². The van der Waals surface area contributed by atoms with Crippen LogP contribution < -0.4 is 10.5 Å². The Morgan fingerprint density at radius 2 is 1.86 bits per heavy atom. The molecular formula is C14H20ClF3N2O2. The first-order chi connectivity index (χ1) is 9.73. The minimum atomic E-state index is -4.71. The molecule has 1 rings (SSSR count). The van der Waals surface area contributed by atoms with Crippen molar-refractivity contribution in [2.75, 3.05) is 7.05 Å². The van der Waals surface area contributed by atoms with E-state index in [4.69, 9.17) is 5.73 Å². The fourth-order valence-corrected chi connectivity index (χ4v) is 1.87. The Kier molecular flexibility index (Phi) is 8.26. The first-order valence-electron chi connectivity index (χ1n) is 6.58. The predicted octanol–water partition coefficient (Wildman–Crippen LogP) is 3.09. The number of nitrogens with zero attached hydrogens (tertiary/aromatic N) is 1. The van der Waals surface area contributed by atoms with E-state index in [-0.39, 0.29) is 30.6 Å². The van der Waals surface area contributed by atoms with Gasteiger partial charge in [-0.3, -0.25) is 4.79 Å². The second kappa shape index (κ2) is 8.85. The summed E-state index contributed by atoms with van der Waals surface area (Å²) in [4.78, 5) is 13.4. The van der Waals surface area contributed by atoms with Gasteiger partial charge in [-0.05, 0) is 24.1 Å². The van der Waals surface area contributed by atoms with Crippen LogP contribution in [0.1, 0.15) is 25.3 Å². The second-order valence-electron chi connectivity index (χ2n) is 4.78. The number of halogens is 4. The number of nitrogens with two attached hydrogens (primary N) is 1. The van der Waals surface area contributed by atoms with E-state index >= 15 is 0 Å². The smallest absolute Gasteiger partial charge is 0.406 e. The van der Waals surface area contributed by atoms with Gasteiger partial charge in [-0.15, -0.1) is 25.6 Å². The van der Waals surface area contributed by atoms with E-state index in [1.165, 1.54) is 29.2 Å². The SMILES string of the molecule is CCCC(N)C(=O)N(C)Cc1ccc(OC(F)(F)F)cc1.Cl. The van der Waals surface area contributed by atoms with Crippen LogP contribution >= 0.6 is 12.4 Å². The number of rotatable bonds is 6. The number of hydrogen-bond donors (Lipinski definition) is 1. The van der Waals surface area contributed by atoms with Crippen LogP contribution in [0, 0.1) is 0 Å². The third-order valence-electron chi connectivity index (χ3n) is 2.87. The number of ether oxygens (including phenoxy) is 1. The van der Waals surface area contributed by atoms with Crippen molar-refractivity contribution in [3.05, 3.63) is 29.8 Å². The number of hydrogen-bond acceptors (Lipinski definition) is 3. The molecule has 1 aromatic carbocycles. The van der Waals surface area contributed by atoms with Crippen LogP contribution in [0.3, 0.4) is 0 Å². The molecular weight excluding hydrogens is 321 g/mol. The van der Waals surface area contributed by atoms with Crippen molar-refractivity contribution < 1.29 is 22.7 Å². The van der Waals surface area contributed by atoms with E-state index in [1.54, 1.807) is 7.05 Å². The number of carbonyl (C=O) groups is 1. The molecule has 0 saturated carbocycles. The van der Waals surface area contributed by atoms with E-state index in [9.17, 15) is 18.0 Å². The van der Waals surface area contributed by atoms with Crippen LogP contribution in [0.4, 0.5) is 13.2 Å². The molecule has 0 fully saturated rings. The summed E-state index contributed by atoms with van der Waals surface area (Å²) in [6, 6.07) is 4.85. The molecule has 1 unspecified atom stereocenters. The minimum absolute atomic E-state index is 0. The molecule has 0 heterocycles. The summed E-state index contributed by atoms with van der Waals surface area (Å²) < 4.78 is 39.9. The molecule has 1 amide bonds. The summed E-state index contributed by atoms with van der Waals surface area (Å²) in [5.41, 5.74) is 6.44. The van der Waals surface area contributed by atoms with Gasteiger partial charge >= 0.3 is 6.36 Å². The summed E-state index contributed by atoms with van der Waals surface area (Å²) in [6.45, 7) is 2.22. The Bertz CT molecular complexity index is 466. The number of amides is 1. The highest BCUT2D eigenvalue weighted by atomic mass is 35.5. The molecule has 0 radical (unpaired) electrons. The Labute approximate surface area is 133 Å². The van der Waals surface area contributed by atoms with Crippen molar-refractivity contribution in [1.82, 2.24) is 4.90 Å². The molecule has 0 aliphatic carbocycles. The van der Waals surface area contributed by atoms with Crippen LogP contribution in [0.2, 0.25) is 0 Å². The molecule has 0 bridgehead atoms. The predicted molar refractivity (Wildman–Crippen MR) is 79.7 cm³/mol. The maximum Gasteiger partial charge on any atom is 0.573 e. The Hall–Kier alpha value is -1.47. The van der Waals surface area contributed by atoms with Crippen molar-refractivity contribution in [1.29, 1.82) is 0 Å². The molecule has 4 nitrogen and oxygen atoms in total. The highest BCUT2D eigenvalue weighted by molar-refractivity contribution is 5.85. The monoisotopic (exact) mass is 340 g/mol. The number of likely N-dealkylation sites (N-methyl/N-ethyl adjacent to an activating group) is 1. The molecule has 8 heteroatoms. The lowest BCUT2D eigenvalue weighted by Gasteiger charge is -2.21. The molecule has 1 aromatic rings. The molecule has 0 aliphatic heterocycles. The zero-order chi connectivity index (χ0) is 16.0. The van der Waals surface area contributed by atoms with Crippen molar-refractivity contribution >= 4 is 18.3 Å². The third-order valence-corrected chi connectivity index (χ3v) is 2.87. The molecule has 0 aromatic heterocycles. The minimum Gasteiger partial charge on any atom is -0.406 e. The molecule has 0 saturated heterocycles. The van der Waals surface area contributed by atoms with Crippen molar-refractivity contribution in [2.24, 2.45) is 5.73 Å². The zero-order valence-corrected chi connectivity index (χ0v) is 13.2. The third kappa shape index (κ3) is 7.00. The quantitative estimate of drug-likeness (QED) is 0.865. The topological polar surface area (TPSA) is 55.6 Å². The second-order valence-corrected chi connectivity index (χ2v) is 4.78. The summed E-state index contributed by atoms with van der Waals surface area (Å²) in [5.74, 6) is -0.476. The molecule has 2 N–H and O–H groups in total. The van der Waals surface area contributed by atoms with E-state index < -0.39 is 12.4 Å². The van der Waals surface area contributed by atoms with Gasteiger partial charge in [0.2, 0.25) is 5.91 Å². The average Bonchev–Trinajstić information content (AvgIpc) is 2.38. The van der Waals surface area contributed by atoms with Gasteiger partial charge in [0, 0.05) is 13.6 Å². The Balaban J connectivity index is 0.00000441. The fraction of sp³-hybridized carbons (Fsp3) is 0.500. The lowest BCUT2D eigenvalue weighted by Crippen LogP contribution is -2.41. The first-order valence-corrected chi connectivity index (χ1v) is 6.58. The average molecular weight is 341 g/mol. The molecule has 22 heavy (non-hydrogen) atoms. The first kappa shape index (κ1) is 20.5. The van der Waals surface area contributed by atoms with Crippen molar-refractivity contribution in [3.63, 3.8) is 0 Å². The van der Waals surface area contributed by atoms with Gasteiger partial charge in [-0.25, -0.2) is 0 Å². The summed E-state index contributed by atoms with van der Waals surface area (Å²) in [7, 11) is 1.61. The van der Waals surface area contributed by atoms with E-state index in [0.29, 0.717) is 12.0 Å².